The third kappa shape index (κ3) is 2.42. The number of hydrogen-bond donors (Lipinski definition) is 2. The van der Waals surface area contributed by atoms with Gasteiger partial charge in [0.15, 0.2) is 11.5 Å². The summed E-state index contributed by atoms with van der Waals surface area (Å²) in [4.78, 5) is 35.0. The van der Waals surface area contributed by atoms with E-state index in [0.29, 0.717) is 23.5 Å². The summed E-state index contributed by atoms with van der Waals surface area (Å²) in [6, 6.07) is 2.67. The van der Waals surface area contributed by atoms with E-state index in [-0.39, 0.29) is 19.1 Å². The summed E-state index contributed by atoms with van der Waals surface area (Å²) >= 11 is 0. The van der Waals surface area contributed by atoms with E-state index in [9.17, 15) is 14.4 Å². The number of carbonyl (C=O) groups excluding carboxylic acids is 3. The van der Waals surface area contributed by atoms with Crippen molar-refractivity contribution in [3.63, 3.8) is 0 Å². The number of piperidine rings is 1. The average molecular weight is 290 g/mol. The Hall–Kier alpha value is -2.57. The first-order valence-electron chi connectivity index (χ1n) is 6.60. The Labute approximate surface area is 120 Å². The van der Waals surface area contributed by atoms with E-state index in [1.807, 2.05) is 6.92 Å². The fourth-order valence-electron chi connectivity index (χ4n) is 2.38. The number of carbonyl (C=O) groups is 3. The molecule has 21 heavy (non-hydrogen) atoms. The summed E-state index contributed by atoms with van der Waals surface area (Å²) in [5.41, 5.74) is 1.19. The molecule has 0 spiro atoms. The molecule has 0 bridgehead atoms. The maximum Gasteiger partial charge on any atom is 0.255 e. The van der Waals surface area contributed by atoms with Gasteiger partial charge in [-0.25, -0.2) is 0 Å². The van der Waals surface area contributed by atoms with E-state index < -0.39 is 17.9 Å². The molecule has 110 valence electrons. The second-order valence-electron chi connectivity index (χ2n) is 4.97. The predicted octanol–water partition coefficient (Wildman–Crippen LogP) is 0.259. The van der Waals surface area contributed by atoms with Crippen LogP contribution in [0.25, 0.3) is 0 Å². The van der Waals surface area contributed by atoms with E-state index in [1.54, 1.807) is 12.1 Å². The Morgan fingerprint density at radius 3 is 2.81 bits per heavy atom. The van der Waals surface area contributed by atoms with Gasteiger partial charge in [-0.2, -0.15) is 0 Å². The van der Waals surface area contributed by atoms with Crippen LogP contribution in [0.1, 0.15) is 28.8 Å². The zero-order valence-electron chi connectivity index (χ0n) is 11.4. The van der Waals surface area contributed by atoms with Gasteiger partial charge in [0.05, 0.1) is 5.56 Å². The highest BCUT2D eigenvalue weighted by atomic mass is 16.7. The third-order valence-electron chi connectivity index (χ3n) is 3.50. The van der Waals surface area contributed by atoms with Crippen molar-refractivity contribution < 1.29 is 23.9 Å². The fourth-order valence-corrected chi connectivity index (χ4v) is 2.38. The van der Waals surface area contributed by atoms with Crippen molar-refractivity contribution in [2.45, 2.75) is 25.8 Å². The molecular weight excluding hydrogens is 276 g/mol. The van der Waals surface area contributed by atoms with Crippen molar-refractivity contribution in [1.29, 1.82) is 0 Å². The molecule has 0 radical (unpaired) electrons. The molecule has 1 aromatic rings. The highest BCUT2D eigenvalue weighted by Crippen LogP contribution is 2.38. The second kappa shape index (κ2) is 5.08. The van der Waals surface area contributed by atoms with E-state index in [1.165, 1.54) is 0 Å². The molecule has 1 atom stereocenters. The maximum atomic E-state index is 12.3. The molecule has 2 heterocycles. The van der Waals surface area contributed by atoms with Gasteiger partial charge in [0, 0.05) is 6.42 Å². The molecule has 1 saturated heterocycles. The second-order valence-corrected chi connectivity index (χ2v) is 4.97. The number of ether oxygens (including phenoxy) is 2. The average Bonchev–Trinajstić information content (AvgIpc) is 2.92. The lowest BCUT2D eigenvalue weighted by atomic mass is 10.0. The Morgan fingerprint density at radius 2 is 2.05 bits per heavy atom. The molecule has 1 fully saturated rings. The number of amides is 3. The molecule has 0 aliphatic carbocycles. The summed E-state index contributed by atoms with van der Waals surface area (Å²) in [7, 11) is 0. The molecule has 1 aromatic carbocycles. The van der Waals surface area contributed by atoms with Gasteiger partial charge in [0.2, 0.25) is 18.6 Å². The Bertz CT molecular complexity index is 640. The predicted molar refractivity (Wildman–Crippen MR) is 70.9 cm³/mol. The van der Waals surface area contributed by atoms with Gasteiger partial charge in [-0.15, -0.1) is 0 Å². The number of nitrogens with one attached hydrogen (secondary N) is 2. The van der Waals surface area contributed by atoms with Crippen molar-refractivity contribution in [3.8, 4) is 11.5 Å². The van der Waals surface area contributed by atoms with Crippen LogP contribution in [0, 0.1) is 6.92 Å². The number of imide groups is 1. The van der Waals surface area contributed by atoms with Gasteiger partial charge in [-0.3, -0.25) is 19.7 Å². The van der Waals surface area contributed by atoms with E-state index in [0.717, 1.165) is 5.56 Å². The molecule has 2 aliphatic heterocycles. The summed E-state index contributed by atoms with van der Waals surface area (Å²) in [6.45, 7) is 1.92. The van der Waals surface area contributed by atoms with Gasteiger partial charge >= 0.3 is 0 Å². The van der Waals surface area contributed by atoms with Crippen LogP contribution in [0.3, 0.4) is 0 Å². The zero-order chi connectivity index (χ0) is 15.0. The van der Waals surface area contributed by atoms with Crippen LogP contribution in [-0.4, -0.2) is 30.6 Å². The van der Waals surface area contributed by atoms with Gasteiger partial charge in [0.1, 0.15) is 6.04 Å². The molecule has 1 unspecified atom stereocenters. The topological polar surface area (TPSA) is 93.7 Å². The van der Waals surface area contributed by atoms with Crippen molar-refractivity contribution >= 4 is 17.7 Å². The first kappa shape index (κ1) is 13.4. The van der Waals surface area contributed by atoms with Crippen LogP contribution in [0.4, 0.5) is 0 Å². The molecule has 0 aromatic heterocycles. The highest BCUT2D eigenvalue weighted by Gasteiger charge is 2.30. The highest BCUT2D eigenvalue weighted by molar-refractivity contribution is 6.04. The lowest BCUT2D eigenvalue weighted by Gasteiger charge is -2.22. The van der Waals surface area contributed by atoms with Crippen LogP contribution in [0.2, 0.25) is 0 Å². The lowest BCUT2D eigenvalue weighted by Crippen LogP contribution is -2.52. The summed E-state index contributed by atoms with van der Waals surface area (Å²) in [5, 5.41) is 4.81. The summed E-state index contributed by atoms with van der Waals surface area (Å²) in [5.74, 6) is -0.295. The van der Waals surface area contributed by atoms with Crippen LogP contribution >= 0.6 is 0 Å². The van der Waals surface area contributed by atoms with Gasteiger partial charge in [-0.05, 0) is 25.0 Å². The zero-order valence-corrected chi connectivity index (χ0v) is 11.4. The van der Waals surface area contributed by atoms with Crippen LogP contribution in [-0.2, 0) is 9.59 Å². The Kier molecular flexibility index (Phi) is 3.25. The van der Waals surface area contributed by atoms with Crippen LogP contribution < -0.4 is 20.1 Å². The SMILES string of the molecule is Cc1ccc(C(=O)NC2CCC(=O)NC2=O)c2c1OCO2. The normalized spacial score (nSPS) is 20.1. The van der Waals surface area contributed by atoms with E-state index >= 15 is 0 Å². The molecule has 2 N–H and O–H groups in total. The molecular formula is C14H14N2O5. The van der Waals surface area contributed by atoms with Crippen LogP contribution in [0.15, 0.2) is 12.1 Å². The molecule has 3 rings (SSSR count). The first-order chi connectivity index (χ1) is 10.1. The molecule has 2 aliphatic rings. The Balaban J connectivity index is 1.79. The van der Waals surface area contributed by atoms with Gasteiger partial charge < -0.3 is 14.8 Å². The Morgan fingerprint density at radius 1 is 1.29 bits per heavy atom. The standard InChI is InChI=1S/C14H14N2O5/c1-7-2-3-8(12-11(7)20-6-21-12)13(18)15-9-4-5-10(17)16-14(9)19/h2-3,9H,4-6H2,1H3,(H,15,18)(H,16,17,19). The largest absolute Gasteiger partial charge is 0.453 e. The minimum absolute atomic E-state index is 0.0683. The molecule has 7 nitrogen and oxygen atoms in total. The summed E-state index contributed by atoms with van der Waals surface area (Å²) in [6.07, 6.45) is 0.504. The maximum absolute atomic E-state index is 12.3. The number of fused-ring (bicyclic) bond motifs is 1. The van der Waals surface area contributed by atoms with E-state index in [4.69, 9.17) is 9.47 Å². The smallest absolute Gasteiger partial charge is 0.255 e. The quantitative estimate of drug-likeness (QED) is 0.762. The molecule has 3 amide bonds. The summed E-state index contributed by atoms with van der Waals surface area (Å²) < 4.78 is 10.6. The number of benzene rings is 1. The van der Waals surface area contributed by atoms with Crippen molar-refractivity contribution in [1.82, 2.24) is 10.6 Å². The number of hydrogen-bond acceptors (Lipinski definition) is 5. The van der Waals surface area contributed by atoms with Crippen molar-refractivity contribution in [2.24, 2.45) is 0 Å². The monoisotopic (exact) mass is 290 g/mol. The number of rotatable bonds is 2. The molecule has 7 heteroatoms. The fraction of sp³-hybridized carbons (Fsp3) is 0.357. The molecule has 0 saturated carbocycles. The van der Waals surface area contributed by atoms with Crippen LogP contribution in [0.5, 0.6) is 11.5 Å². The lowest BCUT2D eigenvalue weighted by molar-refractivity contribution is -0.134. The third-order valence-corrected chi connectivity index (χ3v) is 3.50. The van der Waals surface area contributed by atoms with Crippen molar-refractivity contribution in [3.05, 3.63) is 23.3 Å². The van der Waals surface area contributed by atoms with Gasteiger partial charge in [-0.1, -0.05) is 6.07 Å². The minimum Gasteiger partial charge on any atom is -0.453 e. The minimum atomic E-state index is -0.713. The first-order valence-corrected chi connectivity index (χ1v) is 6.60. The van der Waals surface area contributed by atoms with Crippen molar-refractivity contribution in [2.75, 3.05) is 6.79 Å². The van der Waals surface area contributed by atoms with E-state index in [2.05, 4.69) is 10.6 Å². The number of aryl methyl sites for hydroxylation is 1. The van der Waals surface area contributed by atoms with Gasteiger partial charge in [0.25, 0.3) is 5.91 Å².